The Morgan fingerprint density at radius 1 is 0.339 bits per heavy atom. The second kappa shape index (κ2) is 46.4. The quantitative estimate of drug-likeness (QED) is 0.0597. The van der Waals surface area contributed by atoms with Crippen LogP contribution in [-0.2, 0) is 4.79 Å². The van der Waals surface area contributed by atoms with Gasteiger partial charge >= 0.3 is 0 Å². The highest BCUT2D eigenvalue weighted by Gasteiger charge is 2.20. The predicted octanol–water partition coefficient (Wildman–Crippen LogP) is 15.4. The van der Waals surface area contributed by atoms with Crippen LogP contribution in [0.4, 0.5) is 0 Å². The van der Waals surface area contributed by atoms with Crippen molar-refractivity contribution in [1.82, 2.24) is 25.3 Å². The van der Waals surface area contributed by atoms with Crippen LogP contribution in [0, 0.1) is 0 Å². The number of unbranched alkanes of at least 4 members (excludes halogenated alkanes) is 30. The molecule has 0 radical (unpaired) electrons. The van der Waals surface area contributed by atoms with E-state index < -0.39 is 0 Å². The second-order valence-electron chi connectivity index (χ2n) is 19.9. The highest BCUT2D eigenvalue weighted by Crippen LogP contribution is 2.31. The zero-order valence-electron chi connectivity index (χ0n) is 43.2. The maximum atomic E-state index is 13.6. The van der Waals surface area contributed by atoms with Gasteiger partial charge in [0.05, 0.1) is 6.54 Å². The molecule has 1 rings (SSSR count). The molecule has 0 aromatic rings. The summed E-state index contributed by atoms with van der Waals surface area (Å²) in [5, 5.41) is 7.20. The van der Waals surface area contributed by atoms with E-state index in [4.69, 9.17) is 0 Å². The van der Waals surface area contributed by atoms with Crippen molar-refractivity contribution in [3.05, 3.63) is 11.3 Å². The second-order valence-corrected chi connectivity index (χ2v) is 19.9. The lowest BCUT2D eigenvalue weighted by atomic mass is 10.1. The molecule has 1 aliphatic carbocycles. The molecule has 0 bridgehead atoms. The van der Waals surface area contributed by atoms with Crippen molar-refractivity contribution in [2.24, 2.45) is 0 Å². The Morgan fingerprint density at radius 3 is 0.952 bits per heavy atom. The van der Waals surface area contributed by atoms with Crippen LogP contribution in [0.25, 0.3) is 0 Å². The number of hydrogen-bond donors (Lipinski definition) is 2. The van der Waals surface area contributed by atoms with Gasteiger partial charge in [0.1, 0.15) is 0 Å². The molecule has 2 N–H and O–H groups in total. The van der Waals surface area contributed by atoms with Gasteiger partial charge in [0.15, 0.2) is 0 Å². The van der Waals surface area contributed by atoms with E-state index in [1.54, 1.807) is 5.57 Å². The molecule has 62 heavy (non-hydrogen) atoms. The number of rotatable bonds is 51. The van der Waals surface area contributed by atoms with Crippen molar-refractivity contribution >= 4 is 5.91 Å². The molecule has 0 spiro atoms. The normalized spacial score (nSPS) is 12.7. The lowest BCUT2D eigenvalue weighted by molar-refractivity contribution is -0.122. The van der Waals surface area contributed by atoms with Crippen molar-refractivity contribution in [2.45, 2.75) is 272 Å². The lowest BCUT2D eigenvalue weighted by Crippen LogP contribution is -2.43. The summed E-state index contributed by atoms with van der Waals surface area (Å²) < 4.78 is 0. The summed E-state index contributed by atoms with van der Waals surface area (Å²) in [5.74, 6) is 0.209. The molecule has 0 aromatic heterocycles. The fraction of sp³-hybridized carbons (Fsp3) is 0.946. The van der Waals surface area contributed by atoms with Crippen molar-refractivity contribution < 1.29 is 4.79 Å². The van der Waals surface area contributed by atoms with Crippen LogP contribution in [0.2, 0.25) is 0 Å². The topological polar surface area (TPSA) is 50.9 Å². The number of nitrogens with one attached hydrogen (secondary N) is 2. The van der Waals surface area contributed by atoms with Crippen LogP contribution < -0.4 is 10.6 Å². The van der Waals surface area contributed by atoms with Gasteiger partial charge in [-0.15, -0.1) is 0 Å². The molecule has 0 heterocycles. The van der Waals surface area contributed by atoms with Gasteiger partial charge < -0.3 is 15.5 Å². The van der Waals surface area contributed by atoms with E-state index in [0.29, 0.717) is 13.1 Å². The number of amides is 1. The Morgan fingerprint density at radius 2 is 0.613 bits per heavy atom. The van der Waals surface area contributed by atoms with Crippen LogP contribution in [0.1, 0.15) is 272 Å². The number of carbonyl (C=O) groups excluding carboxylic acids is 1. The van der Waals surface area contributed by atoms with Crippen molar-refractivity contribution in [2.75, 3.05) is 72.0 Å². The van der Waals surface area contributed by atoms with Crippen LogP contribution in [0.15, 0.2) is 11.3 Å². The minimum Gasteiger partial charge on any atom is -0.386 e. The van der Waals surface area contributed by atoms with E-state index in [-0.39, 0.29) is 5.91 Å². The average Bonchev–Trinajstić information content (AvgIpc) is 4.13. The van der Waals surface area contributed by atoms with Crippen LogP contribution in [-0.4, -0.2) is 92.6 Å². The maximum Gasteiger partial charge on any atom is 0.234 e. The fourth-order valence-corrected chi connectivity index (χ4v) is 9.18. The molecule has 0 unspecified atom stereocenters. The number of carbonyl (C=O) groups is 1. The monoisotopic (exact) mass is 872 g/mol. The number of allylic oxidation sites excluding steroid dienone is 1. The van der Waals surface area contributed by atoms with E-state index in [0.717, 1.165) is 32.7 Å². The van der Waals surface area contributed by atoms with E-state index in [2.05, 4.69) is 60.0 Å². The van der Waals surface area contributed by atoms with Gasteiger partial charge in [0, 0.05) is 38.4 Å². The highest BCUT2D eigenvalue weighted by atomic mass is 16.2. The average molecular weight is 873 g/mol. The molecule has 1 aliphatic rings. The molecule has 0 aliphatic heterocycles. The summed E-state index contributed by atoms with van der Waals surface area (Å²) in [6, 6.07) is 0. The first-order valence-electron chi connectivity index (χ1n) is 28.5. The molecule has 1 fully saturated rings. The molecule has 0 aromatic carbocycles. The molecule has 0 saturated heterocycles. The van der Waals surface area contributed by atoms with E-state index in [1.807, 2.05) is 0 Å². The number of nitrogens with zero attached hydrogens (tertiary/aromatic N) is 3. The van der Waals surface area contributed by atoms with Gasteiger partial charge in [-0.05, 0) is 83.2 Å². The standard InChI is InChI=1S/C56H113N5O/c1-6-11-16-21-26-31-36-45-59(46-37-32-27-22-17-12-7-2)50-51-61(49-40-35-30-25-20-15-10-5)53-56(62)58-44-43-57-55(54-41-42-54)52-60(47-38-33-28-23-18-13-8-3)48-39-34-29-24-19-14-9-4/h57H,6-53H2,1-5H3,(H,58,62). The Kier molecular flexibility index (Phi) is 44.1. The van der Waals surface area contributed by atoms with Gasteiger partial charge in [-0.25, -0.2) is 0 Å². The van der Waals surface area contributed by atoms with Gasteiger partial charge in [0.25, 0.3) is 0 Å². The van der Waals surface area contributed by atoms with Crippen molar-refractivity contribution in [3.63, 3.8) is 0 Å². The van der Waals surface area contributed by atoms with Crippen molar-refractivity contribution in [1.29, 1.82) is 0 Å². The SMILES string of the molecule is CCCCCCCCCN(CCCCCCCCC)CCN(CCCCCCCCC)CC(=O)NCCNC(CN(CCCCCCCCC)CCCCCCCCC)=C1CC1. The molecule has 1 saturated carbocycles. The third-order valence-corrected chi connectivity index (χ3v) is 13.6. The van der Waals surface area contributed by atoms with E-state index in [9.17, 15) is 4.79 Å². The highest BCUT2D eigenvalue weighted by molar-refractivity contribution is 5.78. The fourth-order valence-electron chi connectivity index (χ4n) is 9.18. The summed E-state index contributed by atoms with van der Waals surface area (Å²) in [4.78, 5) is 21.6. The Hall–Kier alpha value is -1.11. The summed E-state index contributed by atoms with van der Waals surface area (Å²) in [7, 11) is 0. The minimum absolute atomic E-state index is 0.209. The summed E-state index contributed by atoms with van der Waals surface area (Å²) in [6.07, 6.45) is 50.2. The van der Waals surface area contributed by atoms with E-state index >= 15 is 0 Å². The van der Waals surface area contributed by atoms with Crippen molar-refractivity contribution in [3.8, 4) is 0 Å². The Bertz CT molecular complexity index is 928. The Labute approximate surface area is 390 Å². The van der Waals surface area contributed by atoms with Gasteiger partial charge in [-0.2, -0.15) is 0 Å². The predicted molar refractivity (Wildman–Crippen MR) is 277 cm³/mol. The van der Waals surface area contributed by atoms with Gasteiger partial charge in [-0.3, -0.25) is 14.6 Å². The summed E-state index contributed by atoms with van der Waals surface area (Å²) in [6.45, 7) is 22.7. The molecular formula is C56H113N5O. The maximum absolute atomic E-state index is 13.6. The molecule has 6 nitrogen and oxygen atoms in total. The smallest absolute Gasteiger partial charge is 0.234 e. The third-order valence-electron chi connectivity index (χ3n) is 13.6. The molecule has 1 amide bonds. The zero-order chi connectivity index (χ0) is 44.8. The third kappa shape index (κ3) is 39.3. The number of hydrogen-bond acceptors (Lipinski definition) is 5. The molecule has 0 atom stereocenters. The first kappa shape index (κ1) is 58.9. The van der Waals surface area contributed by atoms with Crippen LogP contribution in [0.3, 0.4) is 0 Å². The largest absolute Gasteiger partial charge is 0.386 e. The summed E-state index contributed by atoms with van der Waals surface area (Å²) in [5.41, 5.74) is 3.09. The Balaban J connectivity index is 2.72. The summed E-state index contributed by atoms with van der Waals surface area (Å²) >= 11 is 0. The molecule has 6 heteroatoms. The van der Waals surface area contributed by atoms with Gasteiger partial charge in [-0.1, -0.05) is 227 Å². The zero-order valence-corrected chi connectivity index (χ0v) is 43.2. The first-order chi connectivity index (χ1) is 30.6. The first-order valence-corrected chi connectivity index (χ1v) is 28.5. The minimum atomic E-state index is 0.209. The lowest BCUT2D eigenvalue weighted by Gasteiger charge is -2.28. The van der Waals surface area contributed by atoms with E-state index in [1.165, 1.54) is 269 Å². The molecule has 368 valence electrons. The molecular weight excluding hydrogens is 759 g/mol. The van der Waals surface area contributed by atoms with Crippen LogP contribution in [0.5, 0.6) is 0 Å². The van der Waals surface area contributed by atoms with Gasteiger partial charge in [0.2, 0.25) is 5.91 Å². The van der Waals surface area contributed by atoms with Crippen LogP contribution >= 0.6 is 0 Å².